The number of aromatic amines is 1. The van der Waals surface area contributed by atoms with Crippen LogP contribution in [0.5, 0.6) is 0 Å². The average Bonchev–Trinajstić information content (AvgIpc) is 2.81. The minimum absolute atomic E-state index is 0.206. The standard InChI is InChI=1S/C14H25N5/c1-13(2)7-10(13)11-16-12(18-17-11)19-6-4-5-14(3,8-15)9-19/h10H,4-9,15H2,1-3H3,(H,16,17,18). The Morgan fingerprint density at radius 3 is 2.79 bits per heavy atom. The zero-order chi connectivity index (χ0) is 13.7. The molecule has 1 aromatic heterocycles. The molecule has 3 N–H and O–H groups in total. The number of hydrogen-bond acceptors (Lipinski definition) is 4. The van der Waals surface area contributed by atoms with Crippen molar-refractivity contribution in [3.05, 3.63) is 5.82 Å². The third-order valence-corrected chi connectivity index (χ3v) is 4.89. The Bertz CT molecular complexity index is 466. The lowest BCUT2D eigenvalue weighted by atomic mass is 9.82. The highest BCUT2D eigenvalue weighted by Crippen LogP contribution is 2.57. The molecule has 106 valence electrons. The number of hydrogen-bond donors (Lipinski definition) is 2. The summed E-state index contributed by atoms with van der Waals surface area (Å²) >= 11 is 0. The zero-order valence-corrected chi connectivity index (χ0v) is 12.2. The molecule has 0 amide bonds. The lowest BCUT2D eigenvalue weighted by molar-refractivity contribution is 0.270. The van der Waals surface area contributed by atoms with Gasteiger partial charge in [0.2, 0.25) is 5.95 Å². The average molecular weight is 263 g/mol. The Morgan fingerprint density at radius 2 is 2.16 bits per heavy atom. The molecule has 3 rings (SSSR count). The molecule has 2 fully saturated rings. The Balaban J connectivity index is 1.73. The summed E-state index contributed by atoms with van der Waals surface area (Å²) in [5.74, 6) is 2.47. The molecule has 0 aromatic carbocycles. The Morgan fingerprint density at radius 1 is 1.42 bits per heavy atom. The second-order valence-electron chi connectivity index (χ2n) is 7.31. The van der Waals surface area contributed by atoms with Gasteiger partial charge in [-0.25, -0.2) is 0 Å². The molecule has 1 saturated heterocycles. The third kappa shape index (κ3) is 2.36. The van der Waals surface area contributed by atoms with E-state index in [1.54, 1.807) is 0 Å². The van der Waals surface area contributed by atoms with E-state index in [-0.39, 0.29) is 5.41 Å². The summed E-state index contributed by atoms with van der Waals surface area (Å²) < 4.78 is 0. The molecular formula is C14H25N5. The molecule has 1 aromatic rings. The fourth-order valence-corrected chi connectivity index (χ4v) is 3.15. The van der Waals surface area contributed by atoms with Gasteiger partial charge in [0.15, 0.2) is 0 Å². The maximum Gasteiger partial charge on any atom is 0.244 e. The van der Waals surface area contributed by atoms with Crippen LogP contribution in [0, 0.1) is 10.8 Å². The largest absolute Gasteiger partial charge is 0.339 e. The minimum Gasteiger partial charge on any atom is -0.339 e. The van der Waals surface area contributed by atoms with Crippen molar-refractivity contribution in [2.24, 2.45) is 16.6 Å². The summed E-state index contributed by atoms with van der Waals surface area (Å²) in [4.78, 5) is 6.99. The van der Waals surface area contributed by atoms with E-state index < -0.39 is 0 Å². The monoisotopic (exact) mass is 263 g/mol. The van der Waals surface area contributed by atoms with Gasteiger partial charge in [-0.2, -0.15) is 4.98 Å². The number of anilines is 1. The number of nitrogens with two attached hydrogens (primary N) is 1. The molecule has 1 aliphatic carbocycles. The van der Waals surface area contributed by atoms with E-state index in [1.165, 1.54) is 19.3 Å². The normalized spacial score (nSPS) is 33.5. The number of H-pyrrole nitrogens is 1. The summed E-state index contributed by atoms with van der Waals surface area (Å²) in [5, 5.41) is 7.55. The van der Waals surface area contributed by atoms with Gasteiger partial charge in [-0.3, -0.25) is 5.10 Å². The molecule has 0 bridgehead atoms. The van der Waals surface area contributed by atoms with Crippen LogP contribution in [-0.4, -0.2) is 34.8 Å². The van der Waals surface area contributed by atoms with Gasteiger partial charge >= 0.3 is 0 Å². The topological polar surface area (TPSA) is 70.8 Å². The van der Waals surface area contributed by atoms with Crippen molar-refractivity contribution in [1.82, 2.24) is 15.2 Å². The maximum atomic E-state index is 5.90. The molecule has 5 nitrogen and oxygen atoms in total. The first-order valence-corrected chi connectivity index (χ1v) is 7.31. The summed E-state index contributed by atoms with van der Waals surface area (Å²) in [6, 6.07) is 0. The second kappa shape index (κ2) is 4.20. The molecule has 2 atom stereocenters. The van der Waals surface area contributed by atoms with Crippen molar-refractivity contribution in [3.63, 3.8) is 0 Å². The highest BCUT2D eigenvalue weighted by Gasteiger charge is 2.49. The van der Waals surface area contributed by atoms with Crippen LogP contribution in [0.4, 0.5) is 5.95 Å². The predicted octanol–water partition coefficient (Wildman–Crippen LogP) is 1.88. The van der Waals surface area contributed by atoms with Gasteiger partial charge in [0.1, 0.15) is 5.82 Å². The molecule has 2 unspecified atom stereocenters. The van der Waals surface area contributed by atoms with Crippen molar-refractivity contribution in [1.29, 1.82) is 0 Å². The first-order chi connectivity index (χ1) is 8.93. The highest BCUT2D eigenvalue weighted by molar-refractivity contribution is 5.32. The van der Waals surface area contributed by atoms with Gasteiger partial charge < -0.3 is 10.6 Å². The smallest absolute Gasteiger partial charge is 0.244 e. The van der Waals surface area contributed by atoms with Crippen LogP contribution in [0.3, 0.4) is 0 Å². The van der Waals surface area contributed by atoms with E-state index in [4.69, 9.17) is 10.7 Å². The molecular weight excluding hydrogens is 238 g/mol. The molecule has 5 heteroatoms. The molecule has 2 heterocycles. The van der Waals surface area contributed by atoms with Crippen LogP contribution in [0.2, 0.25) is 0 Å². The summed E-state index contributed by atoms with van der Waals surface area (Å²) in [7, 11) is 0. The molecule has 19 heavy (non-hydrogen) atoms. The summed E-state index contributed by atoms with van der Waals surface area (Å²) in [6.07, 6.45) is 3.58. The molecule has 2 aliphatic rings. The van der Waals surface area contributed by atoms with Crippen LogP contribution in [-0.2, 0) is 0 Å². The van der Waals surface area contributed by atoms with E-state index in [0.29, 0.717) is 11.3 Å². The predicted molar refractivity (Wildman–Crippen MR) is 76.1 cm³/mol. The van der Waals surface area contributed by atoms with E-state index in [9.17, 15) is 0 Å². The SMILES string of the molecule is CC1(CN)CCCN(c2n[nH]c(C3CC3(C)C)n2)C1. The highest BCUT2D eigenvalue weighted by atomic mass is 15.4. The fraction of sp³-hybridized carbons (Fsp3) is 0.857. The first kappa shape index (κ1) is 12.9. The maximum absolute atomic E-state index is 5.90. The fourth-order valence-electron chi connectivity index (χ4n) is 3.15. The first-order valence-electron chi connectivity index (χ1n) is 7.31. The molecule has 1 saturated carbocycles. The second-order valence-corrected chi connectivity index (χ2v) is 7.31. The Kier molecular flexibility index (Phi) is 2.85. The van der Waals surface area contributed by atoms with Gasteiger partial charge in [-0.05, 0) is 36.6 Å². The van der Waals surface area contributed by atoms with Gasteiger partial charge in [-0.15, -0.1) is 5.10 Å². The Hall–Kier alpha value is -1.10. The van der Waals surface area contributed by atoms with Crippen LogP contribution in [0.1, 0.15) is 51.8 Å². The van der Waals surface area contributed by atoms with E-state index in [2.05, 4.69) is 35.9 Å². The zero-order valence-electron chi connectivity index (χ0n) is 12.2. The summed E-state index contributed by atoms with van der Waals surface area (Å²) in [5.41, 5.74) is 6.50. The molecule has 0 radical (unpaired) electrons. The van der Waals surface area contributed by atoms with Crippen molar-refractivity contribution >= 4 is 5.95 Å². The number of rotatable bonds is 3. The number of piperidine rings is 1. The quantitative estimate of drug-likeness (QED) is 0.873. The van der Waals surface area contributed by atoms with Crippen molar-refractivity contribution in [2.75, 3.05) is 24.5 Å². The van der Waals surface area contributed by atoms with E-state index >= 15 is 0 Å². The van der Waals surface area contributed by atoms with E-state index in [0.717, 1.165) is 31.4 Å². The van der Waals surface area contributed by atoms with Gasteiger partial charge in [0.05, 0.1) is 0 Å². The van der Waals surface area contributed by atoms with Gasteiger partial charge in [0.25, 0.3) is 0 Å². The molecule has 0 spiro atoms. The van der Waals surface area contributed by atoms with Crippen molar-refractivity contribution in [3.8, 4) is 0 Å². The Labute approximate surface area is 115 Å². The summed E-state index contributed by atoms with van der Waals surface area (Å²) in [6.45, 7) is 9.57. The van der Waals surface area contributed by atoms with Crippen LogP contribution in [0.15, 0.2) is 0 Å². The molecule has 1 aliphatic heterocycles. The van der Waals surface area contributed by atoms with Gasteiger partial charge in [-0.1, -0.05) is 20.8 Å². The van der Waals surface area contributed by atoms with Crippen LogP contribution >= 0.6 is 0 Å². The van der Waals surface area contributed by atoms with Crippen molar-refractivity contribution < 1.29 is 0 Å². The van der Waals surface area contributed by atoms with Gasteiger partial charge in [0, 0.05) is 19.0 Å². The van der Waals surface area contributed by atoms with Crippen LogP contribution in [0.25, 0.3) is 0 Å². The number of nitrogens with one attached hydrogen (secondary N) is 1. The van der Waals surface area contributed by atoms with Crippen molar-refractivity contribution in [2.45, 2.75) is 46.0 Å². The lowest BCUT2D eigenvalue weighted by Crippen LogP contribution is -2.46. The lowest BCUT2D eigenvalue weighted by Gasteiger charge is -2.39. The third-order valence-electron chi connectivity index (χ3n) is 4.89. The number of nitrogens with zero attached hydrogens (tertiary/aromatic N) is 3. The van der Waals surface area contributed by atoms with Crippen LogP contribution < -0.4 is 10.6 Å². The number of aromatic nitrogens is 3. The van der Waals surface area contributed by atoms with E-state index in [1.807, 2.05) is 0 Å². The minimum atomic E-state index is 0.206.